The van der Waals surface area contributed by atoms with E-state index in [0.29, 0.717) is 18.1 Å². The zero-order valence-electron chi connectivity index (χ0n) is 11.5. The molecule has 2 rings (SSSR count). The average Bonchev–Trinajstić information content (AvgIpc) is 2.39. The van der Waals surface area contributed by atoms with Crippen LogP contribution in [0.25, 0.3) is 0 Å². The van der Waals surface area contributed by atoms with Crippen molar-refractivity contribution in [2.24, 2.45) is 5.92 Å². The molecule has 0 bridgehead atoms. The molecule has 18 heavy (non-hydrogen) atoms. The van der Waals surface area contributed by atoms with Gasteiger partial charge in [0.05, 0.1) is 6.10 Å². The Bertz CT molecular complexity index is 381. The highest BCUT2D eigenvalue weighted by atomic mass is 32.2. The fourth-order valence-corrected chi connectivity index (χ4v) is 2.83. The summed E-state index contributed by atoms with van der Waals surface area (Å²) in [5.41, 5.74) is 1.23. The van der Waals surface area contributed by atoms with Crippen molar-refractivity contribution in [1.29, 1.82) is 0 Å². The van der Waals surface area contributed by atoms with Crippen molar-refractivity contribution in [3.63, 3.8) is 0 Å². The predicted octanol–water partition coefficient (Wildman–Crippen LogP) is 4.02. The van der Waals surface area contributed by atoms with Gasteiger partial charge in [-0.15, -0.1) is 11.8 Å². The van der Waals surface area contributed by atoms with Crippen molar-refractivity contribution in [3.05, 3.63) is 24.3 Å². The maximum absolute atomic E-state index is 5.81. The Hall–Kier alpha value is -0.670. The van der Waals surface area contributed by atoms with Crippen LogP contribution in [-0.2, 0) is 4.74 Å². The van der Waals surface area contributed by atoms with Gasteiger partial charge in [0, 0.05) is 23.2 Å². The lowest BCUT2D eigenvalue weighted by atomic mass is 9.95. The second-order valence-corrected chi connectivity index (χ2v) is 6.13. The maximum Gasteiger partial charge on any atom is 0.0617 e. The molecule has 1 aliphatic heterocycles. The fraction of sp³-hybridized carbons (Fsp3) is 0.600. The number of hydrogen-bond donors (Lipinski definition) is 1. The summed E-state index contributed by atoms with van der Waals surface area (Å²) in [4.78, 5) is 1.31. The first-order chi connectivity index (χ1) is 8.69. The largest absolute Gasteiger partial charge is 0.382 e. The van der Waals surface area contributed by atoms with Gasteiger partial charge in [-0.25, -0.2) is 0 Å². The monoisotopic (exact) mass is 265 g/mol. The molecule has 2 nitrogen and oxygen atoms in total. The Kier molecular flexibility index (Phi) is 4.95. The molecule has 0 radical (unpaired) electrons. The van der Waals surface area contributed by atoms with Crippen molar-refractivity contribution in [3.8, 4) is 0 Å². The average molecular weight is 265 g/mol. The highest BCUT2D eigenvalue weighted by Crippen LogP contribution is 2.25. The zero-order valence-corrected chi connectivity index (χ0v) is 12.3. The molecule has 1 aromatic carbocycles. The van der Waals surface area contributed by atoms with E-state index in [9.17, 15) is 0 Å². The van der Waals surface area contributed by atoms with E-state index in [-0.39, 0.29) is 0 Å². The van der Waals surface area contributed by atoms with Gasteiger partial charge in [-0.2, -0.15) is 0 Å². The third kappa shape index (κ3) is 3.66. The lowest BCUT2D eigenvalue weighted by Crippen LogP contribution is -2.36. The number of anilines is 1. The van der Waals surface area contributed by atoms with Crippen LogP contribution in [0.4, 0.5) is 5.69 Å². The van der Waals surface area contributed by atoms with Gasteiger partial charge in [-0.05, 0) is 43.2 Å². The van der Waals surface area contributed by atoms with Gasteiger partial charge in [-0.3, -0.25) is 0 Å². The van der Waals surface area contributed by atoms with E-state index in [0.717, 1.165) is 19.4 Å². The van der Waals surface area contributed by atoms with E-state index in [1.54, 1.807) is 11.8 Å². The molecule has 0 amide bonds. The van der Waals surface area contributed by atoms with Gasteiger partial charge >= 0.3 is 0 Å². The SMILES string of the molecule is CSc1cccc(NC2CCOC(C(C)C)C2)c1. The van der Waals surface area contributed by atoms with Crippen LogP contribution in [0.5, 0.6) is 0 Å². The first-order valence-corrected chi connectivity index (χ1v) is 7.93. The Labute approximate surface area is 114 Å². The number of benzene rings is 1. The van der Waals surface area contributed by atoms with Crippen LogP contribution in [0, 0.1) is 5.92 Å². The Morgan fingerprint density at radius 3 is 2.94 bits per heavy atom. The molecule has 0 spiro atoms. The summed E-state index contributed by atoms with van der Waals surface area (Å²) < 4.78 is 5.81. The fourth-order valence-electron chi connectivity index (χ4n) is 2.37. The van der Waals surface area contributed by atoms with Crippen LogP contribution >= 0.6 is 11.8 Å². The smallest absolute Gasteiger partial charge is 0.0617 e. The number of nitrogens with one attached hydrogen (secondary N) is 1. The summed E-state index contributed by atoms with van der Waals surface area (Å²) in [5.74, 6) is 0.604. The molecule has 1 fully saturated rings. The van der Waals surface area contributed by atoms with Crippen LogP contribution in [0.1, 0.15) is 26.7 Å². The molecule has 100 valence electrons. The third-order valence-corrected chi connectivity index (χ3v) is 4.22. The van der Waals surface area contributed by atoms with Crippen molar-refractivity contribution in [2.75, 3.05) is 18.2 Å². The molecule has 1 aliphatic rings. The molecule has 2 unspecified atom stereocenters. The summed E-state index contributed by atoms with van der Waals surface area (Å²) in [6.45, 7) is 5.35. The van der Waals surface area contributed by atoms with Crippen LogP contribution in [-0.4, -0.2) is 25.0 Å². The van der Waals surface area contributed by atoms with Crippen LogP contribution < -0.4 is 5.32 Å². The molecule has 3 heteroatoms. The molecular formula is C15H23NOS. The Morgan fingerprint density at radius 1 is 1.39 bits per heavy atom. The summed E-state index contributed by atoms with van der Waals surface area (Å²) in [6, 6.07) is 9.19. The zero-order chi connectivity index (χ0) is 13.0. The second-order valence-electron chi connectivity index (χ2n) is 5.25. The van der Waals surface area contributed by atoms with Crippen molar-refractivity contribution in [1.82, 2.24) is 0 Å². The number of hydrogen-bond acceptors (Lipinski definition) is 3. The molecule has 2 atom stereocenters. The molecule has 1 N–H and O–H groups in total. The van der Waals surface area contributed by atoms with Crippen molar-refractivity contribution in [2.45, 2.75) is 43.7 Å². The minimum absolute atomic E-state index is 0.403. The van der Waals surface area contributed by atoms with Crippen LogP contribution in [0.2, 0.25) is 0 Å². The maximum atomic E-state index is 5.81. The van der Waals surface area contributed by atoms with Gasteiger partial charge in [0.25, 0.3) is 0 Å². The summed E-state index contributed by atoms with van der Waals surface area (Å²) >= 11 is 1.79. The quantitative estimate of drug-likeness (QED) is 0.831. The van der Waals surface area contributed by atoms with E-state index < -0.39 is 0 Å². The molecule has 0 aromatic heterocycles. The minimum atomic E-state index is 0.403. The minimum Gasteiger partial charge on any atom is -0.382 e. The Balaban J connectivity index is 1.95. The second kappa shape index (κ2) is 6.48. The van der Waals surface area contributed by atoms with Gasteiger partial charge in [0.1, 0.15) is 0 Å². The highest BCUT2D eigenvalue weighted by molar-refractivity contribution is 7.98. The lowest BCUT2D eigenvalue weighted by molar-refractivity contribution is -0.0160. The molecule has 1 saturated heterocycles. The van der Waals surface area contributed by atoms with E-state index in [2.05, 4.69) is 49.7 Å². The Morgan fingerprint density at radius 2 is 2.22 bits per heavy atom. The van der Waals surface area contributed by atoms with E-state index in [1.807, 2.05) is 0 Å². The first-order valence-electron chi connectivity index (χ1n) is 6.71. The molecule has 1 aromatic rings. The van der Waals surface area contributed by atoms with Gasteiger partial charge < -0.3 is 10.1 Å². The third-order valence-electron chi connectivity index (χ3n) is 3.50. The standard InChI is InChI=1S/C15H23NOS/c1-11(2)15-10-13(7-8-17-15)16-12-5-4-6-14(9-12)18-3/h4-6,9,11,13,15-16H,7-8,10H2,1-3H3. The number of thioether (sulfide) groups is 1. The summed E-state index contributed by atoms with van der Waals surface area (Å²) in [6.07, 6.45) is 4.73. The molecular weight excluding hydrogens is 242 g/mol. The van der Waals surface area contributed by atoms with E-state index in [1.165, 1.54) is 10.6 Å². The predicted molar refractivity (Wildman–Crippen MR) is 79.4 cm³/mol. The molecule has 1 heterocycles. The topological polar surface area (TPSA) is 21.3 Å². The van der Waals surface area contributed by atoms with Crippen molar-refractivity contribution >= 4 is 17.4 Å². The molecule has 0 aliphatic carbocycles. The number of rotatable bonds is 4. The van der Waals surface area contributed by atoms with E-state index in [4.69, 9.17) is 4.74 Å². The van der Waals surface area contributed by atoms with Crippen LogP contribution in [0.15, 0.2) is 29.2 Å². The van der Waals surface area contributed by atoms with Gasteiger partial charge in [0.15, 0.2) is 0 Å². The summed E-state index contributed by atoms with van der Waals surface area (Å²) in [5, 5.41) is 3.65. The van der Waals surface area contributed by atoms with Gasteiger partial charge in [-0.1, -0.05) is 19.9 Å². The summed E-state index contributed by atoms with van der Waals surface area (Å²) in [7, 11) is 0. The normalized spacial score (nSPS) is 24.2. The van der Waals surface area contributed by atoms with Gasteiger partial charge in [0.2, 0.25) is 0 Å². The first kappa shape index (κ1) is 13.8. The van der Waals surface area contributed by atoms with Crippen molar-refractivity contribution < 1.29 is 4.74 Å². The number of ether oxygens (including phenoxy) is 1. The van der Waals surface area contributed by atoms with Crippen LogP contribution in [0.3, 0.4) is 0 Å². The molecule has 0 saturated carbocycles. The van der Waals surface area contributed by atoms with E-state index >= 15 is 0 Å². The lowest BCUT2D eigenvalue weighted by Gasteiger charge is -2.33. The highest BCUT2D eigenvalue weighted by Gasteiger charge is 2.24.